The molecule has 144 valence electrons. The highest BCUT2D eigenvalue weighted by atomic mass is 16.7. The molecule has 2 aromatic carbocycles. The largest absolute Gasteiger partial charge is 0.467 e. The lowest BCUT2D eigenvalue weighted by Gasteiger charge is -2.24. The van der Waals surface area contributed by atoms with Crippen LogP contribution in [0.3, 0.4) is 0 Å². The molecule has 0 N–H and O–H groups in total. The molecule has 0 atom stereocenters. The molecule has 6 heteroatoms. The first-order valence-corrected chi connectivity index (χ1v) is 9.03. The van der Waals surface area contributed by atoms with Gasteiger partial charge >= 0.3 is 0 Å². The summed E-state index contributed by atoms with van der Waals surface area (Å²) in [5.74, 6) is 0.710. The van der Waals surface area contributed by atoms with E-state index in [2.05, 4.69) is 49.9 Å². The standard InChI is InChI=1S/C21H26N2O4/c1-21(2,3)18-7-5-15(6-8-18)11-22(4)12-16-9-19(23(24)25)10-17-13-26-14-27-20(16)17/h5-10H,11-14H2,1-4H3. The first-order valence-electron chi connectivity index (χ1n) is 9.03. The van der Waals surface area contributed by atoms with Crippen LogP contribution in [0.15, 0.2) is 36.4 Å². The van der Waals surface area contributed by atoms with Crippen LogP contribution in [0, 0.1) is 10.1 Å². The third-order valence-electron chi connectivity index (χ3n) is 4.70. The molecule has 0 aromatic heterocycles. The van der Waals surface area contributed by atoms with E-state index >= 15 is 0 Å². The molecule has 0 bridgehead atoms. The Balaban J connectivity index is 1.76. The lowest BCUT2D eigenvalue weighted by Crippen LogP contribution is -2.20. The Morgan fingerprint density at radius 1 is 1.15 bits per heavy atom. The topological polar surface area (TPSA) is 64.8 Å². The van der Waals surface area contributed by atoms with E-state index in [1.165, 1.54) is 17.2 Å². The van der Waals surface area contributed by atoms with Crippen molar-refractivity contribution in [1.82, 2.24) is 4.90 Å². The van der Waals surface area contributed by atoms with Crippen molar-refractivity contribution in [2.75, 3.05) is 13.8 Å². The fraction of sp³-hybridized carbons (Fsp3) is 0.429. The minimum absolute atomic E-state index is 0.0702. The molecule has 1 heterocycles. The van der Waals surface area contributed by atoms with E-state index in [1.807, 2.05) is 7.05 Å². The van der Waals surface area contributed by atoms with Gasteiger partial charge in [-0.2, -0.15) is 0 Å². The Labute approximate surface area is 159 Å². The number of hydrogen-bond acceptors (Lipinski definition) is 5. The number of nitro benzene ring substituents is 1. The molecule has 0 spiro atoms. The smallest absolute Gasteiger partial charge is 0.270 e. The molecule has 1 aliphatic rings. The number of fused-ring (bicyclic) bond motifs is 1. The quantitative estimate of drug-likeness (QED) is 0.577. The summed E-state index contributed by atoms with van der Waals surface area (Å²) in [5.41, 5.74) is 4.25. The Morgan fingerprint density at radius 2 is 1.85 bits per heavy atom. The summed E-state index contributed by atoms with van der Waals surface area (Å²) in [4.78, 5) is 13.0. The van der Waals surface area contributed by atoms with E-state index in [0.717, 1.165) is 17.7 Å². The van der Waals surface area contributed by atoms with Gasteiger partial charge < -0.3 is 9.47 Å². The van der Waals surface area contributed by atoms with E-state index in [4.69, 9.17) is 9.47 Å². The third-order valence-corrected chi connectivity index (χ3v) is 4.70. The summed E-state index contributed by atoms with van der Waals surface area (Å²) < 4.78 is 10.9. The van der Waals surface area contributed by atoms with Crippen molar-refractivity contribution in [3.05, 3.63) is 68.8 Å². The monoisotopic (exact) mass is 370 g/mol. The molecule has 0 amide bonds. The van der Waals surface area contributed by atoms with Crippen LogP contribution >= 0.6 is 0 Å². The highest BCUT2D eigenvalue weighted by molar-refractivity contribution is 5.50. The van der Waals surface area contributed by atoms with Crippen LogP contribution < -0.4 is 4.74 Å². The van der Waals surface area contributed by atoms with Crippen molar-refractivity contribution in [3.8, 4) is 5.75 Å². The Bertz CT molecular complexity index is 825. The van der Waals surface area contributed by atoms with Crippen molar-refractivity contribution < 1.29 is 14.4 Å². The lowest BCUT2D eigenvalue weighted by atomic mass is 9.87. The van der Waals surface area contributed by atoms with Gasteiger partial charge in [-0.05, 0) is 23.6 Å². The van der Waals surface area contributed by atoms with Gasteiger partial charge in [-0.15, -0.1) is 0 Å². The van der Waals surface area contributed by atoms with Crippen molar-refractivity contribution in [2.24, 2.45) is 0 Å². The number of nitrogens with zero attached hydrogens (tertiary/aromatic N) is 2. The van der Waals surface area contributed by atoms with Gasteiger partial charge in [0.15, 0.2) is 6.79 Å². The molecular formula is C21H26N2O4. The van der Waals surface area contributed by atoms with Gasteiger partial charge in [0.05, 0.1) is 11.5 Å². The second-order valence-electron chi connectivity index (χ2n) is 8.08. The summed E-state index contributed by atoms with van der Waals surface area (Å²) in [6, 6.07) is 11.7. The van der Waals surface area contributed by atoms with Gasteiger partial charge in [0.25, 0.3) is 5.69 Å². The van der Waals surface area contributed by atoms with Crippen molar-refractivity contribution in [1.29, 1.82) is 0 Å². The van der Waals surface area contributed by atoms with Gasteiger partial charge in [-0.1, -0.05) is 45.0 Å². The summed E-state index contributed by atoms with van der Waals surface area (Å²) in [6.45, 7) is 8.41. The van der Waals surface area contributed by atoms with Crippen LogP contribution in [0.25, 0.3) is 0 Å². The zero-order chi connectivity index (χ0) is 19.6. The van der Waals surface area contributed by atoms with E-state index < -0.39 is 0 Å². The highest BCUT2D eigenvalue weighted by Gasteiger charge is 2.21. The summed E-state index contributed by atoms with van der Waals surface area (Å²) >= 11 is 0. The van der Waals surface area contributed by atoms with Gasteiger partial charge in [-0.25, -0.2) is 0 Å². The number of hydrogen-bond donors (Lipinski definition) is 0. The van der Waals surface area contributed by atoms with Crippen LogP contribution in [0.5, 0.6) is 5.75 Å². The maximum atomic E-state index is 11.2. The molecule has 0 saturated heterocycles. The number of non-ortho nitro benzene ring substituents is 1. The molecule has 0 radical (unpaired) electrons. The first-order chi connectivity index (χ1) is 12.7. The molecule has 6 nitrogen and oxygen atoms in total. The van der Waals surface area contributed by atoms with Crippen LogP contribution in [-0.2, 0) is 29.8 Å². The minimum atomic E-state index is -0.371. The van der Waals surface area contributed by atoms with Crippen LogP contribution in [0.1, 0.15) is 43.0 Å². The lowest BCUT2D eigenvalue weighted by molar-refractivity contribution is -0.385. The van der Waals surface area contributed by atoms with Gasteiger partial charge in [-0.3, -0.25) is 15.0 Å². The predicted molar refractivity (Wildman–Crippen MR) is 104 cm³/mol. The molecule has 1 aliphatic heterocycles. The zero-order valence-electron chi connectivity index (χ0n) is 16.3. The molecule has 0 saturated carbocycles. The van der Waals surface area contributed by atoms with Crippen molar-refractivity contribution >= 4 is 5.69 Å². The summed E-state index contributed by atoms with van der Waals surface area (Å²) in [5, 5.41) is 11.2. The van der Waals surface area contributed by atoms with E-state index in [0.29, 0.717) is 18.9 Å². The fourth-order valence-electron chi connectivity index (χ4n) is 3.27. The van der Waals surface area contributed by atoms with E-state index in [9.17, 15) is 10.1 Å². The van der Waals surface area contributed by atoms with Gasteiger partial charge in [0, 0.05) is 36.3 Å². The van der Waals surface area contributed by atoms with Gasteiger partial charge in [0.2, 0.25) is 0 Å². The Kier molecular flexibility index (Phi) is 5.48. The van der Waals surface area contributed by atoms with Crippen molar-refractivity contribution in [2.45, 2.75) is 45.9 Å². The molecular weight excluding hydrogens is 344 g/mol. The summed E-state index contributed by atoms with van der Waals surface area (Å²) in [6.07, 6.45) is 0. The Hall–Kier alpha value is -2.44. The van der Waals surface area contributed by atoms with E-state index in [-0.39, 0.29) is 22.8 Å². The number of rotatable bonds is 5. The van der Waals surface area contributed by atoms with E-state index in [1.54, 1.807) is 6.07 Å². The zero-order valence-corrected chi connectivity index (χ0v) is 16.3. The van der Waals surface area contributed by atoms with Crippen LogP contribution in [0.4, 0.5) is 5.69 Å². The molecule has 27 heavy (non-hydrogen) atoms. The number of ether oxygens (including phenoxy) is 2. The second kappa shape index (κ2) is 7.66. The van der Waals surface area contributed by atoms with Crippen molar-refractivity contribution in [3.63, 3.8) is 0 Å². The maximum Gasteiger partial charge on any atom is 0.270 e. The average Bonchev–Trinajstić information content (AvgIpc) is 2.61. The van der Waals surface area contributed by atoms with Crippen LogP contribution in [0.2, 0.25) is 0 Å². The Morgan fingerprint density at radius 3 is 2.48 bits per heavy atom. The molecule has 0 unspecified atom stereocenters. The normalized spacial score (nSPS) is 14.0. The number of benzene rings is 2. The maximum absolute atomic E-state index is 11.2. The molecule has 2 aromatic rings. The molecule has 0 fully saturated rings. The minimum Gasteiger partial charge on any atom is -0.467 e. The third kappa shape index (κ3) is 4.64. The molecule has 3 rings (SSSR count). The first kappa shape index (κ1) is 19.3. The SMILES string of the molecule is CN(Cc1ccc(C(C)(C)C)cc1)Cc1cc([N+](=O)[O-])cc2c1OCOC2. The number of nitro groups is 1. The predicted octanol–water partition coefficient (Wildman–Crippen LogP) is 4.39. The van der Waals surface area contributed by atoms with Crippen LogP contribution in [-0.4, -0.2) is 23.7 Å². The van der Waals surface area contributed by atoms with Gasteiger partial charge in [0.1, 0.15) is 5.75 Å². The highest BCUT2D eigenvalue weighted by Crippen LogP contribution is 2.33. The summed E-state index contributed by atoms with van der Waals surface area (Å²) in [7, 11) is 2.00. The second-order valence-corrected chi connectivity index (χ2v) is 8.08. The molecule has 0 aliphatic carbocycles. The fourth-order valence-corrected chi connectivity index (χ4v) is 3.27. The average molecular weight is 370 g/mol.